The Morgan fingerprint density at radius 2 is 1.79 bits per heavy atom. The normalized spacial score (nSPS) is 25.1. The Labute approximate surface area is 121 Å². The van der Waals surface area contributed by atoms with Gasteiger partial charge >= 0.3 is 0 Å². The van der Waals surface area contributed by atoms with Gasteiger partial charge < -0.3 is 5.32 Å². The van der Waals surface area contributed by atoms with Crippen LogP contribution in [0.3, 0.4) is 0 Å². The second kappa shape index (κ2) is 6.44. The molecule has 2 atom stereocenters. The van der Waals surface area contributed by atoms with Crippen LogP contribution in [0, 0.1) is 11.8 Å². The molecule has 0 bridgehead atoms. The maximum Gasteiger partial charge on any atom is 0.240 e. The predicted octanol–water partition coefficient (Wildman–Crippen LogP) is 1.97. The molecule has 1 N–H and O–H groups in total. The Morgan fingerprint density at radius 3 is 2.26 bits per heavy atom. The molecule has 1 saturated carbocycles. The number of rotatable bonds is 5. The second-order valence-electron chi connectivity index (χ2n) is 5.95. The van der Waals surface area contributed by atoms with E-state index in [0.717, 1.165) is 25.5 Å². The van der Waals surface area contributed by atoms with E-state index < -0.39 is 20.5 Å². The standard InChI is InChI=1S/C13H24ClNO3S/c1-13(2,19(3,17)18)12(16)15-9-11-7-5-4-6-10(11)8-14/h10-11H,4-9H2,1-3H3,(H,15,16). The third kappa shape index (κ3) is 4.09. The van der Waals surface area contributed by atoms with Gasteiger partial charge in [-0.3, -0.25) is 4.79 Å². The predicted molar refractivity (Wildman–Crippen MR) is 78.1 cm³/mol. The molecule has 0 aliphatic heterocycles. The zero-order valence-corrected chi connectivity index (χ0v) is 13.5. The van der Waals surface area contributed by atoms with Crippen molar-refractivity contribution in [2.45, 2.75) is 44.3 Å². The van der Waals surface area contributed by atoms with E-state index in [0.29, 0.717) is 24.3 Å². The van der Waals surface area contributed by atoms with Crippen LogP contribution in [-0.4, -0.2) is 37.8 Å². The molecule has 0 spiro atoms. The molecule has 2 unspecified atom stereocenters. The maximum atomic E-state index is 12.0. The summed E-state index contributed by atoms with van der Waals surface area (Å²) in [5.41, 5.74) is 0. The van der Waals surface area contributed by atoms with Crippen molar-refractivity contribution >= 4 is 27.3 Å². The summed E-state index contributed by atoms with van der Waals surface area (Å²) in [4.78, 5) is 12.0. The number of nitrogens with one attached hydrogen (secondary N) is 1. The highest BCUT2D eigenvalue weighted by Gasteiger charge is 2.38. The van der Waals surface area contributed by atoms with Crippen molar-refractivity contribution in [3.05, 3.63) is 0 Å². The first-order valence-electron chi connectivity index (χ1n) is 6.74. The van der Waals surface area contributed by atoms with E-state index in [4.69, 9.17) is 11.6 Å². The molecule has 6 heteroatoms. The Bertz CT molecular complexity index is 420. The quantitative estimate of drug-likeness (QED) is 0.790. The maximum absolute atomic E-state index is 12.0. The minimum Gasteiger partial charge on any atom is -0.354 e. The van der Waals surface area contributed by atoms with Gasteiger partial charge in [0.25, 0.3) is 0 Å². The second-order valence-corrected chi connectivity index (χ2v) is 8.82. The molecule has 1 aliphatic carbocycles. The molecule has 0 aromatic rings. The molecular formula is C13H24ClNO3S. The van der Waals surface area contributed by atoms with Crippen molar-refractivity contribution in [2.75, 3.05) is 18.7 Å². The molecule has 0 saturated heterocycles. The average Bonchev–Trinajstić information content (AvgIpc) is 2.34. The van der Waals surface area contributed by atoms with Crippen LogP contribution in [0.25, 0.3) is 0 Å². The summed E-state index contributed by atoms with van der Waals surface area (Å²) in [5, 5.41) is 2.79. The summed E-state index contributed by atoms with van der Waals surface area (Å²) in [5.74, 6) is 0.979. The van der Waals surface area contributed by atoms with Crippen LogP contribution < -0.4 is 5.32 Å². The number of halogens is 1. The third-order valence-electron chi connectivity index (χ3n) is 4.26. The van der Waals surface area contributed by atoms with Gasteiger partial charge in [-0.05, 0) is 38.5 Å². The van der Waals surface area contributed by atoms with Gasteiger partial charge in [0.05, 0.1) is 0 Å². The minimum atomic E-state index is -3.41. The van der Waals surface area contributed by atoms with Gasteiger partial charge in [-0.25, -0.2) is 8.42 Å². The number of alkyl halides is 1. The van der Waals surface area contributed by atoms with Crippen LogP contribution in [0.4, 0.5) is 0 Å². The summed E-state index contributed by atoms with van der Waals surface area (Å²) in [6.45, 7) is 3.41. The van der Waals surface area contributed by atoms with Crippen molar-refractivity contribution in [2.24, 2.45) is 11.8 Å². The van der Waals surface area contributed by atoms with Crippen molar-refractivity contribution in [1.82, 2.24) is 5.32 Å². The van der Waals surface area contributed by atoms with Crippen molar-refractivity contribution < 1.29 is 13.2 Å². The first-order chi connectivity index (χ1) is 8.70. The molecule has 1 rings (SSSR count). The third-order valence-corrected chi connectivity index (χ3v) is 6.70. The lowest BCUT2D eigenvalue weighted by Crippen LogP contribution is -2.49. The summed E-state index contributed by atoms with van der Waals surface area (Å²) in [6.07, 6.45) is 5.59. The molecule has 0 aromatic carbocycles. The fourth-order valence-electron chi connectivity index (χ4n) is 2.36. The molecular weight excluding hydrogens is 286 g/mol. The number of carbonyl (C=O) groups excluding carboxylic acids is 1. The van der Waals surface area contributed by atoms with Crippen LogP contribution in [0.15, 0.2) is 0 Å². The minimum absolute atomic E-state index is 0.366. The van der Waals surface area contributed by atoms with E-state index in [9.17, 15) is 13.2 Å². The fourth-order valence-corrected chi connectivity index (χ4v) is 3.18. The van der Waals surface area contributed by atoms with Crippen LogP contribution in [0.2, 0.25) is 0 Å². The van der Waals surface area contributed by atoms with Crippen LogP contribution in [-0.2, 0) is 14.6 Å². The van der Waals surface area contributed by atoms with E-state index in [2.05, 4.69) is 5.32 Å². The number of hydrogen-bond acceptors (Lipinski definition) is 3. The van der Waals surface area contributed by atoms with Gasteiger partial charge in [0, 0.05) is 18.7 Å². The van der Waals surface area contributed by atoms with E-state index >= 15 is 0 Å². The van der Waals surface area contributed by atoms with E-state index in [1.54, 1.807) is 0 Å². The largest absolute Gasteiger partial charge is 0.354 e. The number of sulfone groups is 1. The smallest absolute Gasteiger partial charge is 0.240 e. The monoisotopic (exact) mass is 309 g/mol. The van der Waals surface area contributed by atoms with E-state index in [1.807, 2.05) is 0 Å². The highest BCUT2D eigenvalue weighted by molar-refractivity contribution is 7.92. The highest BCUT2D eigenvalue weighted by Crippen LogP contribution is 2.30. The van der Waals surface area contributed by atoms with Gasteiger partial charge in [-0.2, -0.15) is 0 Å². The molecule has 0 radical (unpaired) electrons. The lowest BCUT2D eigenvalue weighted by atomic mass is 9.80. The Morgan fingerprint density at radius 1 is 1.26 bits per heavy atom. The van der Waals surface area contributed by atoms with Crippen LogP contribution in [0.5, 0.6) is 0 Å². The highest BCUT2D eigenvalue weighted by atomic mass is 35.5. The Balaban J connectivity index is 2.59. The molecule has 112 valence electrons. The number of amides is 1. The van der Waals surface area contributed by atoms with E-state index in [-0.39, 0.29) is 0 Å². The van der Waals surface area contributed by atoms with Crippen LogP contribution >= 0.6 is 11.6 Å². The van der Waals surface area contributed by atoms with Gasteiger partial charge in [-0.15, -0.1) is 11.6 Å². The topological polar surface area (TPSA) is 63.2 Å². The molecule has 1 fully saturated rings. The van der Waals surface area contributed by atoms with Crippen molar-refractivity contribution in [3.8, 4) is 0 Å². The first-order valence-corrected chi connectivity index (χ1v) is 9.16. The molecule has 1 aliphatic rings. The van der Waals surface area contributed by atoms with Gasteiger partial charge in [0.15, 0.2) is 9.84 Å². The average molecular weight is 310 g/mol. The van der Waals surface area contributed by atoms with Gasteiger partial charge in [0.2, 0.25) is 5.91 Å². The fraction of sp³-hybridized carbons (Fsp3) is 0.923. The number of hydrogen-bond donors (Lipinski definition) is 1. The molecule has 1 amide bonds. The Kier molecular flexibility index (Phi) is 5.68. The summed E-state index contributed by atoms with van der Waals surface area (Å²) < 4.78 is 21.8. The van der Waals surface area contributed by atoms with Crippen molar-refractivity contribution in [1.29, 1.82) is 0 Å². The van der Waals surface area contributed by atoms with E-state index in [1.165, 1.54) is 20.3 Å². The zero-order chi connectivity index (χ0) is 14.7. The summed E-state index contributed by atoms with van der Waals surface area (Å²) in [7, 11) is -3.41. The summed E-state index contributed by atoms with van der Waals surface area (Å²) in [6, 6.07) is 0. The summed E-state index contributed by atoms with van der Waals surface area (Å²) >= 11 is 5.94. The van der Waals surface area contributed by atoms with Gasteiger partial charge in [-0.1, -0.05) is 12.8 Å². The molecule has 19 heavy (non-hydrogen) atoms. The Hall–Kier alpha value is -0.290. The lowest BCUT2D eigenvalue weighted by molar-refractivity contribution is -0.123. The first kappa shape index (κ1) is 16.8. The lowest BCUT2D eigenvalue weighted by Gasteiger charge is -2.31. The van der Waals surface area contributed by atoms with Crippen molar-refractivity contribution in [3.63, 3.8) is 0 Å². The molecule has 4 nitrogen and oxygen atoms in total. The molecule has 0 aromatic heterocycles. The number of carbonyl (C=O) groups is 1. The molecule has 0 heterocycles. The van der Waals surface area contributed by atoms with Crippen LogP contribution in [0.1, 0.15) is 39.5 Å². The SMILES string of the molecule is CC(C)(C(=O)NCC1CCCCC1CCl)S(C)(=O)=O. The van der Waals surface area contributed by atoms with Gasteiger partial charge in [0.1, 0.15) is 4.75 Å². The zero-order valence-electron chi connectivity index (χ0n) is 11.9.